The highest BCUT2D eigenvalue weighted by Gasteiger charge is 2.58. The molecule has 1 fully saturated rings. The molecule has 2 atom stereocenters. The lowest BCUT2D eigenvalue weighted by molar-refractivity contribution is -0.123. The topological polar surface area (TPSA) is 40.6 Å². The summed E-state index contributed by atoms with van der Waals surface area (Å²) in [6.45, 7) is 0.901. The van der Waals surface area contributed by atoms with Gasteiger partial charge in [-0.3, -0.25) is 9.59 Å². The van der Waals surface area contributed by atoms with E-state index < -0.39 is 5.41 Å². The number of carbonyl (C=O) groups excluding carboxylic acids is 2. The van der Waals surface area contributed by atoms with Crippen molar-refractivity contribution >= 4 is 39.1 Å². The zero-order chi connectivity index (χ0) is 21.2. The van der Waals surface area contributed by atoms with Gasteiger partial charge in [-0.25, -0.2) is 4.90 Å². The molecule has 0 aromatic heterocycles. The molecule has 0 aliphatic carbocycles. The summed E-state index contributed by atoms with van der Waals surface area (Å²) in [4.78, 5) is 31.1. The number of amides is 2. The number of imide groups is 1. The zero-order valence-corrected chi connectivity index (χ0v) is 18.5. The molecule has 0 saturated carbocycles. The lowest BCUT2D eigenvalue weighted by Crippen LogP contribution is -2.49. The van der Waals surface area contributed by atoms with Crippen molar-refractivity contribution in [3.63, 3.8) is 0 Å². The lowest BCUT2D eigenvalue weighted by atomic mass is 9.68. The first-order valence-corrected chi connectivity index (χ1v) is 11.5. The third kappa shape index (κ3) is 2.59. The van der Waals surface area contributed by atoms with Crippen molar-refractivity contribution in [1.82, 2.24) is 0 Å². The number of nitrogens with zero attached hydrogens (tertiary/aromatic N) is 2. The minimum Gasteiger partial charge on any atom is -0.363 e. The molecule has 31 heavy (non-hydrogen) atoms. The Balaban J connectivity index is 1.55. The van der Waals surface area contributed by atoms with Crippen LogP contribution in [0.4, 0.5) is 11.4 Å². The van der Waals surface area contributed by atoms with Crippen LogP contribution in [-0.2, 0) is 21.4 Å². The molecule has 3 aromatic carbocycles. The van der Waals surface area contributed by atoms with Crippen LogP contribution in [0.25, 0.3) is 0 Å². The van der Waals surface area contributed by atoms with Crippen molar-refractivity contribution in [1.29, 1.82) is 0 Å². The number of fused-ring (bicyclic) bond motifs is 6. The summed E-state index contributed by atoms with van der Waals surface area (Å²) in [6, 6.07) is 23.9. The number of para-hydroxylation sites is 2. The van der Waals surface area contributed by atoms with Gasteiger partial charge < -0.3 is 4.90 Å². The average molecular weight is 473 g/mol. The Bertz CT molecular complexity index is 1230. The average Bonchev–Trinajstić information content (AvgIpc) is 3.04. The molecule has 1 spiro atoms. The Morgan fingerprint density at radius 3 is 2.52 bits per heavy atom. The number of hydrogen-bond donors (Lipinski definition) is 0. The van der Waals surface area contributed by atoms with Crippen LogP contribution in [0.15, 0.2) is 77.3 Å². The predicted octanol–water partition coefficient (Wildman–Crippen LogP) is 5.16. The molecule has 0 radical (unpaired) electrons. The number of hydrogen-bond acceptors (Lipinski definition) is 3. The monoisotopic (exact) mass is 472 g/mol. The zero-order valence-electron chi connectivity index (χ0n) is 16.9. The van der Waals surface area contributed by atoms with Gasteiger partial charge in [0.05, 0.1) is 22.8 Å². The van der Waals surface area contributed by atoms with Crippen LogP contribution in [0.3, 0.4) is 0 Å². The van der Waals surface area contributed by atoms with Crippen LogP contribution >= 0.6 is 15.9 Å². The fraction of sp³-hybridized carbons (Fsp3) is 0.231. The number of anilines is 2. The maximum atomic E-state index is 14.0. The van der Waals surface area contributed by atoms with Crippen LogP contribution in [-0.4, -0.2) is 18.4 Å². The summed E-state index contributed by atoms with van der Waals surface area (Å²) in [6.07, 6.45) is 1.79. The lowest BCUT2D eigenvalue weighted by Gasteiger charge is -2.49. The molecule has 0 N–H and O–H groups in total. The molecule has 5 heteroatoms. The van der Waals surface area contributed by atoms with Gasteiger partial charge in [-0.1, -0.05) is 54.6 Å². The first kappa shape index (κ1) is 18.8. The first-order chi connectivity index (χ1) is 15.1. The molecule has 3 aliphatic rings. The minimum absolute atomic E-state index is 0.0728. The van der Waals surface area contributed by atoms with Gasteiger partial charge in [0.1, 0.15) is 0 Å². The van der Waals surface area contributed by atoms with Crippen LogP contribution in [0.1, 0.15) is 35.6 Å². The second-order valence-corrected chi connectivity index (χ2v) is 9.48. The number of carbonyl (C=O) groups is 2. The summed E-state index contributed by atoms with van der Waals surface area (Å²) in [5.41, 5.74) is 4.44. The molecule has 2 amide bonds. The van der Waals surface area contributed by atoms with Crippen molar-refractivity contribution in [2.75, 3.05) is 16.3 Å². The largest absolute Gasteiger partial charge is 0.363 e. The van der Waals surface area contributed by atoms with Gasteiger partial charge in [-0.05, 0) is 63.7 Å². The van der Waals surface area contributed by atoms with Crippen LogP contribution < -0.4 is 9.80 Å². The van der Waals surface area contributed by atoms with Crippen LogP contribution in [0, 0.1) is 0 Å². The summed E-state index contributed by atoms with van der Waals surface area (Å²) in [5.74, 6) is -0.231. The van der Waals surface area contributed by atoms with Gasteiger partial charge in [-0.2, -0.15) is 0 Å². The third-order valence-corrected chi connectivity index (χ3v) is 7.71. The van der Waals surface area contributed by atoms with Crippen molar-refractivity contribution in [2.45, 2.75) is 30.7 Å². The highest BCUT2D eigenvalue weighted by atomic mass is 79.9. The summed E-state index contributed by atoms with van der Waals surface area (Å²) >= 11 is 3.76. The van der Waals surface area contributed by atoms with E-state index in [1.807, 2.05) is 48.5 Å². The molecular weight excluding hydrogens is 452 g/mol. The van der Waals surface area contributed by atoms with Gasteiger partial charge in [0.25, 0.3) is 0 Å². The smallest absolute Gasteiger partial charge is 0.245 e. The Hall–Kier alpha value is -2.92. The van der Waals surface area contributed by atoms with E-state index in [0.29, 0.717) is 12.1 Å². The van der Waals surface area contributed by atoms with Gasteiger partial charge in [0.15, 0.2) is 0 Å². The van der Waals surface area contributed by atoms with Crippen LogP contribution in [0.2, 0.25) is 0 Å². The molecular formula is C26H21BrN2O2. The Morgan fingerprint density at radius 1 is 0.903 bits per heavy atom. The molecule has 3 aliphatic heterocycles. The highest BCUT2D eigenvalue weighted by Crippen LogP contribution is 2.56. The minimum atomic E-state index is -0.850. The maximum absolute atomic E-state index is 14.0. The third-order valence-electron chi connectivity index (χ3n) is 7.07. The molecule has 6 rings (SSSR count). The van der Waals surface area contributed by atoms with Gasteiger partial charge in [-0.15, -0.1) is 0 Å². The van der Waals surface area contributed by atoms with E-state index in [0.717, 1.165) is 28.7 Å². The quantitative estimate of drug-likeness (QED) is 0.459. The first-order valence-electron chi connectivity index (χ1n) is 10.7. The molecule has 154 valence electrons. The Kier molecular flexibility index (Phi) is 4.12. The van der Waals surface area contributed by atoms with Crippen molar-refractivity contribution in [3.05, 3.63) is 94.0 Å². The fourth-order valence-electron chi connectivity index (χ4n) is 5.72. The van der Waals surface area contributed by atoms with E-state index in [1.165, 1.54) is 16.0 Å². The number of benzene rings is 3. The summed E-state index contributed by atoms with van der Waals surface area (Å²) < 4.78 is 0.979. The second-order valence-electron chi connectivity index (χ2n) is 8.63. The molecule has 0 bridgehead atoms. The number of halogens is 1. The summed E-state index contributed by atoms with van der Waals surface area (Å²) in [7, 11) is 0. The molecule has 1 saturated heterocycles. The second kappa shape index (κ2) is 6.79. The van der Waals surface area contributed by atoms with E-state index in [-0.39, 0.29) is 24.3 Å². The molecule has 3 aromatic rings. The van der Waals surface area contributed by atoms with Crippen molar-refractivity contribution in [3.8, 4) is 0 Å². The summed E-state index contributed by atoms with van der Waals surface area (Å²) in [5, 5.41) is 0. The fourth-order valence-corrected chi connectivity index (χ4v) is 6.32. The maximum Gasteiger partial charge on any atom is 0.245 e. The van der Waals surface area contributed by atoms with E-state index in [2.05, 4.69) is 45.1 Å². The molecule has 3 heterocycles. The van der Waals surface area contributed by atoms with E-state index in [9.17, 15) is 9.59 Å². The number of rotatable bonds is 1. The van der Waals surface area contributed by atoms with E-state index in [1.54, 1.807) is 0 Å². The van der Waals surface area contributed by atoms with E-state index in [4.69, 9.17) is 0 Å². The Morgan fingerprint density at radius 2 is 1.68 bits per heavy atom. The Labute approximate surface area is 189 Å². The van der Waals surface area contributed by atoms with Gasteiger partial charge in [0, 0.05) is 17.4 Å². The molecule has 4 nitrogen and oxygen atoms in total. The molecule has 2 unspecified atom stereocenters. The standard InChI is InChI=1S/C26H21BrN2O2/c27-21-12-6-11-20-24(21)28-14-13-17-7-4-5-10-19(17)22(28)15-26(20)16-23(30)29(25(26)31)18-8-2-1-3-9-18/h1-12,22H,13-16H2. The highest BCUT2D eigenvalue weighted by molar-refractivity contribution is 9.10. The van der Waals surface area contributed by atoms with Gasteiger partial charge >= 0.3 is 0 Å². The van der Waals surface area contributed by atoms with Gasteiger partial charge in [0.2, 0.25) is 11.8 Å². The van der Waals surface area contributed by atoms with Crippen molar-refractivity contribution in [2.24, 2.45) is 0 Å². The SMILES string of the molecule is O=C1CC2(CC3c4ccccc4CCN3c3c(Br)cccc32)C(=O)N1c1ccccc1. The normalized spacial score (nSPS) is 24.2. The predicted molar refractivity (Wildman–Crippen MR) is 124 cm³/mol. The van der Waals surface area contributed by atoms with Crippen molar-refractivity contribution < 1.29 is 9.59 Å². The van der Waals surface area contributed by atoms with E-state index >= 15 is 0 Å². The van der Waals surface area contributed by atoms with Crippen LogP contribution in [0.5, 0.6) is 0 Å².